The van der Waals surface area contributed by atoms with E-state index in [1.165, 1.54) is 16.8 Å². The van der Waals surface area contributed by atoms with Crippen LogP contribution in [0.3, 0.4) is 0 Å². The fraction of sp³-hybridized carbons (Fsp3) is 0.276. The van der Waals surface area contributed by atoms with Gasteiger partial charge in [0.1, 0.15) is 5.82 Å². The summed E-state index contributed by atoms with van der Waals surface area (Å²) in [4.78, 5) is 7.30. The highest BCUT2D eigenvalue weighted by Gasteiger charge is 2.17. The molecule has 0 amide bonds. The largest absolute Gasteiger partial charge is 0.454 e. The standard InChI is InChI=1S/C29H31N3O2S/c1-2-3-15-32-26(18-30-29(32)25-9-5-4-6-10-25)20-31(14-7-8-23-13-16-35-21-23)19-24-11-12-27-28(17-24)34-22-33-27/h4-13,16-18,21H,2-3,14-15,19-20,22H2,1H3. The maximum atomic E-state index is 5.62. The van der Waals surface area contributed by atoms with Crippen molar-refractivity contribution >= 4 is 17.4 Å². The Hall–Kier alpha value is -3.35. The van der Waals surface area contributed by atoms with E-state index < -0.39 is 0 Å². The first-order valence-electron chi connectivity index (χ1n) is 12.2. The number of thiophene rings is 1. The Morgan fingerprint density at radius 1 is 1.06 bits per heavy atom. The van der Waals surface area contributed by atoms with Gasteiger partial charge in [0.15, 0.2) is 11.5 Å². The summed E-state index contributed by atoms with van der Waals surface area (Å²) in [6.45, 7) is 5.96. The topological polar surface area (TPSA) is 39.5 Å². The van der Waals surface area contributed by atoms with Gasteiger partial charge in [-0.2, -0.15) is 11.3 Å². The van der Waals surface area contributed by atoms with E-state index in [9.17, 15) is 0 Å². The summed E-state index contributed by atoms with van der Waals surface area (Å²) in [5.74, 6) is 2.70. The highest BCUT2D eigenvalue weighted by molar-refractivity contribution is 7.08. The molecule has 5 rings (SSSR count). The lowest BCUT2D eigenvalue weighted by Crippen LogP contribution is -2.24. The number of unbranched alkanes of at least 4 members (excludes halogenated alkanes) is 1. The van der Waals surface area contributed by atoms with Gasteiger partial charge in [0.05, 0.1) is 11.9 Å². The van der Waals surface area contributed by atoms with E-state index in [1.807, 2.05) is 12.3 Å². The van der Waals surface area contributed by atoms with Crippen molar-refractivity contribution in [1.82, 2.24) is 14.5 Å². The predicted molar refractivity (Wildman–Crippen MR) is 143 cm³/mol. The fourth-order valence-corrected chi connectivity index (χ4v) is 4.97. The van der Waals surface area contributed by atoms with E-state index in [2.05, 4.69) is 87.8 Å². The Balaban J connectivity index is 1.40. The summed E-state index contributed by atoms with van der Waals surface area (Å²) in [6, 6.07) is 18.9. The molecular formula is C29H31N3O2S. The minimum absolute atomic E-state index is 0.296. The summed E-state index contributed by atoms with van der Waals surface area (Å²) >= 11 is 1.72. The lowest BCUT2D eigenvalue weighted by atomic mass is 10.1. The van der Waals surface area contributed by atoms with Gasteiger partial charge < -0.3 is 14.0 Å². The molecule has 35 heavy (non-hydrogen) atoms. The molecule has 1 aliphatic heterocycles. The van der Waals surface area contributed by atoms with Crippen LogP contribution in [-0.4, -0.2) is 27.8 Å². The van der Waals surface area contributed by atoms with Crippen molar-refractivity contribution in [3.05, 3.63) is 94.5 Å². The zero-order valence-corrected chi connectivity index (χ0v) is 20.9. The number of ether oxygens (including phenoxy) is 2. The summed E-state index contributed by atoms with van der Waals surface area (Å²) < 4.78 is 13.5. The lowest BCUT2D eigenvalue weighted by Gasteiger charge is -2.22. The van der Waals surface area contributed by atoms with Crippen LogP contribution in [0.4, 0.5) is 0 Å². The summed E-state index contributed by atoms with van der Waals surface area (Å²) in [5.41, 5.74) is 4.86. The quantitative estimate of drug-likeness (QED) is 0.233. The van der Waals surface area contributed by atoms with Crippen LogP contribution >= 0.6 is 11.3 Å². The number of nitrogens with zero attached hydrogens (tertiary/aromatic N) is 3. The van der Waals surface area contributed by atoms with E-state index in [4.69, 9.17) is 14.5 Å². The number of aromatic nitrogens is 2. The van der Waals surface area contributed by atoms with Gasteiger partial charge in [-0.15, -0.1) is 0 Å². The van der Waals surface area contributed by atoms with Crippen LogP contribution in [0, 0.1) is 0 Å². The van der Waals surface area contributed by atoms with E-state index >= 15 is 0 Å². The zero-order valence-electron chi connectivity index (χ0n) is 20.1. The molecule has 0 aliphatic carbocycles. The first-order chi connectivity index (χ1) is 17.3. The van der Waals surface area contributed by atoms with E-state index in [0.717, 1.165) is 61.9 Å². The number of hydrogen-bond donors (Lipinski definition) is 0. The van der Waals surface area contributed by atoms with Crippen LogP contribution in [0.25, 0.3) is 17.5 Å². The van der Waals surface area contributed by atoms with Crippen LogP contribution in [0.5, 0.6) is 11.5 Å². The number of hydrogen-bond acceptors (Lipinski definition) is 5. The molecule has 0 spiro atoms. The van der Waals surface area contributed by atoms with Crippen molar-refractivity contribution in [1.29, 1.82) is 0 Å². The van der Waals surface area contributed by atoms with Crippen molar-refractivity contribution in [2.24, 2.45) is 0 Å². The second-order valence-electron chi connectivity index (χ2n) is 8.76. The highest BCUT2D eigenvalue weighted by atomic mass is 32.1. The van der Waals surface area contributed by atoms with Crippen LogP contribution in [0.2, 0.25) is 0 Å². The number of fused-ring (bicyclic) bond motifs is 1. The maximum Gasteiger partial charge on any atom is 0.231 e. The minimum atomic E-state index is 0.296. The Labute approximate surface area is 211 Å². The molecule has 1 aliphatic rings. The van der Waals surface area contributed by atoms with Gasteiger partial charge in [-0.1, -0.05) is 61.9 Å². The summed E-state index contributed by atoms with van der Waals surface area (Å²) in [6.07, 6.45) is 8.78. The van der Waals surface area contributed by atoms with Crippen molar-refractivity contribution in [3.63, 3.8) is 0 Å². The highest BCUT2D eigenvalue weighted by Crippen LogP contribution is 2.33. The van der Waals surface area contributed by atoms with Gasteiger partial charge in [-0.25, -0.2) is 4.98 Å². The fourth-order valence-electron chi connectivity index (χ4n) is 4.34. The Bertz CT molecular complexity index is 1250. The van der Waals surface area contributed by atoms with Gasteiger partial charge in [0.25, 0.3) is 0 Å². The van der Waals surface area contributed by atoms with Gasteiger partial charge in [0, 0.05) is 31.7 Å². The van der Waals surface area contributed by atoms with Gasteiger partial charge in [-0.05, 0) is 46.5 Å². The lowest BCUT2D eigenvalue weighted by molar-refractivity contribution is 0.174. The number of imidazole rings is 1. The molecule has 0 unspecified atom stereocenters. The molecule has 0 saturated carbocycles. The molecule has 6 heteroatoms. The predicted octanol–water partition coefficient (Wildman–Crippen LogP) is 6.86. The normalized spacial score (nSPS) is 12.7. The molecule has 180 valence electrons. The molecule has 4 aromatic rings. The molecule has 3 heterocycles. The smallest absolute Gasteiger partial charge is 0.231 e. The van der Waals surface area contributed by atoms with E-state index in [1.54, 1.807) is 11.3 Å². The average molecular weight is 486 g/mol. The molecule has 0 fully saturated rings. The molecule has 2 aromatic heterocycles. The SMILES string of the molecule is CCCCn1c(CN(CC=Cc2ccsc2)Cc2ccc3c(c2)OCO3)cnc1-c1ccccc1. The minimum Gasteiger partial charge on any atom is -0.454 e. The van der Waals surface area contributed by atoms with Crippen molar-refractivity contribution in [2.45, 2.75) is 39.4 Å². The van der Waals surface area contributed by atoms with Crippen molar-refractivity contribution < 1.29 is 9.47 Å². The third-order valence-electron chi connectivity index (χ3n) is 6.15. The number of benzene rings is 2. The second-order valence-corrected chi connectivity index (χ2v) is 9.54. The third-order valence-corrected chi connectivity index (χ3v) is 6.85. The number of rotatable bonds is 11. The van der Waals surface area contributed by atoms with E-state index in [0.29, 0.717) is 6.79 Å². The molecule has 2 aromatic carbocycles. The molecule has 0 N–H and O–H groups in total. The third kappa shape index (κ3) is 5.84. The van der Waals surface area contributed by atoms with Crippen LogP contribution < -0.4 is 9.47 Å². The molecule has 0 saturated heterocycles. The van der Waals surface area contributed by atoms with Crippen LogP contribution in [0.1, 0.15) is 36.6 Å². The molecule has 5 nitrogen and oxygen atoms in total. The first-order valence-corrected chi connectivity index (χ1v) is 13.1. The van der Waals surface area contributed by atoms with Gasteiger partial charge in [0.2, 0.25) is 6.79 Å². The summed E-state index contributed by atoms with van der Waals surface area (Å²) in [7, 11) is 0. The van der Waals surface area contributed by atoms with Gasteiger partial charge >= 0.3 is 0 Å². The first kappa shape index (κ1) is 23.4. The van der Waals surface area contributed by atoms with Crippen LogP contribution in [-0.2, 0) is 19.6 Å². The van der Waals surface area contributed by atoms with Crippen molar-refractivity contribution in [2.75, 3.05) is 13.3 Å². The van der Waals surface area contributed by atoms with E-state index in [-0.39, 0.29) is 0 Å². The molecule has 0 atom stereocenters. The average Bonchev–Trinajstić information content (AvgIpc) is 3.64. The zero-order chi connectivity index (χ0) is 23.9. The molecule has 0 radical (unpaired) electrons. The van der Waals surface area contributed by atoms with Gasteiger partial charge in [-0.3, -0.25) is 4.90 Å². The Morgan fingerprint density at radius 2 is 1.94 bits per heavy atom. The molecule has 0 bridgehead atoms. The monoisotopic (exact) mass is 485 g/mol. The second kappa shape index (κ2) is 11.4. The Kier molecular flexibility index (Phi) is 7.61. The molecular weight excluding hydrogens is 454 g/mol. The maximum absolute atomic E-state index is 5.62. The Morgan fingerprint density at radius 3 is 2.77 bits per heavy atom. The van der Waals surface area contributed by atoms with Crippen molar-refractivity contribution in [3.8, 4) is 22.9 Å². The summed E-state index contributed by atoms with van der Waals surface area (Å²) in [5, 5.41) is 4.28. The van der Waals surface area contributed by atoms with Crippen LogP contribution in [0.15, 0.2) is 77.6 Å².